The monoisotopic (exact) mass is 479 g/mol. The number of rotatable bonds is 7. The highest BCUT2D eigenvalue weighted by molar-refractivity contribution is 7.89. The molecule has 3 aromatic rings. The van der Waals surface area contributed by atoms with Gasteiger partial charge in [0, 0.05) is 55.1 Å². The van der Waals surface area contributed by atoms with E-state index in [9.17, 15) is 18.5 Å². The number of benzene rings is 1. The summed E-state index contributed by atoms with van der Waals surface area (Å²) in [7, 11) is -2.47. The Kier molecular flexibility index (Phi) is 6.34. The fourth-order valence-electron chi connectivity index (χ4n) is 3.48. The van der Waals surface area contributed by atoms with Gasteiger partial charge < -0.3 is 4.90 Å². The Hall–Kier alpha value is -2.38. The molecule has 4 rings (SSSR count). The van der Waals surface area contributed by atoms with Gasteiger partial charge in [-0.3, -0.25) is 15.0 Å². The van der Waals surface area contributed by atoms with Crippen molar-refractivity contribution >= 4 is 44.1 Å². The molecule has 0 amide bonds. The Labute approximate surface area is 188 Å². The highest BCUT2D eigenvalue weighted by Gasteiger charge is 2.26. The van der Waals surface area contributed by atoms with Crippen LogP contribution in [0.3, 0.4) is 0 Å². The van der Waals surface area contributed by atoms with Gasteiger partial charge in [-0.05, 0) is 30.6 Å². The van der Waals surface area contributed by atoms with Crippen LogP contribution in [0.1, 0.15) is 5.69 Å². The predicted molar refractivity (Wildman–Crippen MR) is 122 cm³/mol. The molecule has 0 bridgehead atoms. The molecule has 164 valence electrons. The predicted octanol–water partition coefficient (Wildman–Crippen LogP) is 3.01. The van der Waals surface area contributed by atoms with Crippen LogP contribution in [0.4, 0.5) is 11.4 Å². The zero-order chi connectivity index (χ0) is 22.0. The van der Waals surface area contributed by atoms with Gasteiger partial charge in [-0.15, -0.1) is 11.3 Å². The van der Waals surface area contributed by atoms with Crippen LogP contribution in [0.5, 0.6) is 0 Å². The molecule has 0 radical (unpaired) electrons. The molecule has 1 saturated heterocycles. The smallest absolute Gasteiger partial charge is 0.293 e. The number of nitrogens with zero attached hydrogens (tertiary/aromatic N) is 4. The molecule has 0 unspecified atom stereocenters. The molecule has 1 aliphatic heterocycles. The van der Waals surface area contributed by atoms with Gasteiger partial charge in [0.25, 0.3) is 5.69 Å². The largest absolute Gasteiger partial charge is 0.363 e. The minimum atomic E-state index is -3.75. The van der Waals surface area contributed by atoms with Gasteiger partial charge in [0.1, 0.15) is 10.7 Å². The summed E-state index contributed by atoms with van der Waals surface area (Å²) in [5.74, 6) is 0. The average molecular weight is 480 g/mol. The van der Waals surface area contributed by atoms with Crippen LogP contribution < -0.4 is 9.62 Å². The third kappa shape index (κ3) is 4.77. The second-order valence-electron chi connectivity index (χ2n) is 7.03. The van der Waals surface area contributed by atoms with Crippen LogP contribution in [0.15, 0.2) is 45.3 Å². The first kappa shape index (κ1) is 21.8. The number of nitro groups is 1. The standard InChI is InChI=1S/C19H21N5O4S3/c1-20-31(27,28)16-2-3-17(18(10-16)24(25)26)23-7-5-22(6-8-23)11-15-13-30-19(21-15)14-4-9-29-12-14/h2-4,9-10,12-13,20H,5-8,11H2,1H3. The summed E-state index contributed by atoms with van der Waals surface area (Å²) in [6.07, 6.45) is 0. The van der Waals surface area contributed by atoms with E-state index >= 15 is 0 Å². The van der Waals surface area contributed by atoms with E-state index in [1.165, 1.54) is 19.2 Å². The third-order valence-corrected chi connectivity index (χ3v) is 8.18. The van der Waals surface area contributed by atoms with Gasteiger partial charge in [-0.1, -0.05) is 0 Å². The summed E-state index contributed by atoms with van der Waals surface area (Å²) in [5, 5.41) is 18.8. The average Bonchev–Trinajstić information content (AvgIpc) is 3.46. The van der Waals surface area contributed by atoms with Crippen LogP contribution in [0.2, 0.25) is 0 Å². The van der Waals surface area contributed by atoms with E-state index in [2.05, 4.69) is 26.4 Å². The lowest BCUT2D eigenvalue weighted by Crippen LogP contribution is -2.46. The van der Waals surface area contributed by atoms with E-state index in [1.54, 1.807) is 22.7 Å². The molecule has 2 aromatic heterocycles. The Bertz CT molecular complexity index is 1170. The van der Waals surface area contributed by atoms with Crippen molar-refractivity contribution in [2.24, 2.45) is 0 Å². The van der Waals surface area contributed by atoms with Crippen molar-refractivity contribution in [3.63, 3.8) is 0 Å². The molecule has 1 aromatic carbocycles. The molecule has 31 heavy (non-hydrogen) atoms. The lowest BCUT2D eigenvalue weighted by Gasteiger charge is -2.35. The van der Waals surface area contributed by atoms with Gasteiger partial charge in [0.2, 0.25) is 10.0 Å². The molecule has 9 nitrogen and oxygen atoms in total. The van der Waals surface area contributed by atoms with Gasteiger partial charge in [-0.25, -0.2) is 18.1 Å². The Morgan fingerprint density at radius 1 is 1.19 bits per heavy atom. The highest BCUT2D eigenvalue weighted by Crippen LogP contribution is 2.32. The zero-order valence-electron chi connectivity index (χ0n) is 16.7. The number of thiazole rings is 1. The van der Waals surface area contributed by atoms with Crippen molar-refractivity contribution in [3.8, 4) is 10.6 Å². The Balaban J connectivity index is 1.43. The van der Waals surface area contributed by atoms with Crippen LogP contribution in [-0.2, 0) is 16.6 Å². The number of thiophene rings is 1. The quantitative estimate of drug-likeness (QED) is 0.410. The number of anilines is 1. The first-order valence-corrected chi connectivity index (χ1v) is 12.8. The molecule has 1 aliphatic rings. The molecule has 1 N–H and O–H groups in total. The fraction of sp³-hybridized carbons (Fsp3) is 0.316. The van der Waals surface area contributed by atoms with Gasteiger partial charge in [-0.2, -0.15) is 11.3 Å². The van der Waals surface area contributed by atoms with Crippen LogP contribution in [0.25, 0.3) is 10.6 Å². The van der Waals surface area contributed by atoms with Crippen molar-refractivity contribution in [2.45, 2.75) is 11.4 Å². The van der Waals surface area contributed by atoms with Crippen molar-refractivity contribution in [1.82, 2.24) is 14.6 Å². The van der Waals surface area contributed by atoms with Crippen LogP contribution in [0, 0.1) is 10.1 Å². The number of hydrogen-bond acceptors (Lipinski definition) is 9. The van der Waals surface area contributed by atoms with Gasteiger partial charge >= 0.3 is 0 Å². The van der Waals surface area contributed by atoms with Crippen molar-refractivity contribution in [2.75, 3.05) is 38.1 Å². The number of nitro benzene ring substituents is 1. The first-order valence-electron chi connectivity index (χ1n) is 9.53. The second-order valence-corrected chi connectivity index (χ2v) is 10.6. The van der Waals surface area contributed by atoms with E-state index in [0.717, 1.165) is 42.0 Å². The van der Waals surface area contributed by atoms with Crippen molar-refractivity contribution < 1.29 is 13.3 Å². The Morgan fingerprint density at radius 2 is 1.97 bits per heavy atom. The lowest BCUT2D eigenvalue weighted by atomic mass is 10.2. The number of hydrogen-bond donors (Lipinski definition) is 1. The van der Waals surface area contributed by atoms with Gasteiger partial charge in [0.15, 0.2) is 0 Å². The van der Waals surface area contributed by atoms with E-state index in [0.29, 0.717) is 18.8 Å². The molecule has 1 fully saturated rings. The zero-order valence-corrected chi connectivity index (χ0v) is 19.2. The second kappa shape index (κ2) is 9.01. The molecule has 0 saturated carbocycles. The molecule has 0 atom stereocenters. The summed E-state index contributed by atoms with van der Waals surface area (Å²) in [6, 6.07) is 6.11. The lowest BCUT2D eigenvalue weighted by molar-refractivity contribution is -0.384. The normalized spacial score (nSPS) is 15.3. The van der Waals surface area contributed by atoms with E-state index in [-0.39, 0.29) is 10.6 Å². The molecule has 0 aliphatic carbocycles. The number of aromatic nitrogens is 1. The maximum atomic E-state index is 12.0. The Morgan fingerprint density at radius 3 is 2.61 bits per heavy atom. The fourth-order valence-corrected chi connectivity index (χ4v) is 5.75. The molecular weight excluding hydrogens is 458 g/mol. The number of nitrogens with one attached hydrogen (secondary N) is 1. The summed E-state index contributed by atoms with van der Waals surface area (Å²) < 4.78 is 26.2. The summed E-state index contributed by atoms with van der Waals surface area (Å²) in [5.41, 5.74) is 2.40. The van der Waals surface area contributed by atoms with Crippen molar-refractivity contribution in [1.29, 1.82) is 0 Å². The molecular formula is C19H21N5O4S3. The van der Waals surface area contributed by atoms with Crippen molar-refractivity contribution in [3.05, 3.63) is 56.2 Å². The maximum absolute atomic E-state index is 12.0. The van der Waals surface area contributed by atoms with E-state index in [1.807, 2.05) is 10.3 Å². The number of sulfonamides is 1. The molecule has 3 heterocycles. The topological polar surface area (TPSA) is 109 Å². The summed E-state index contributed by atoms with van der Waals surface area (Å²) in [4.78, 5) is 19.9. The minimum absolute atomic E-state index is 0.117. The first-order chi connectivity index (χ1) is 14.9. The molecule has 12 heteroatoms. The summed E-state index contributed by atoms with van der Waals surface area (Å²) >= 11 is 3.28. The van der Waals surface area contributed by atoms with Gasteiger partial charge in [0.05, 0.1) is 15.5 Å². The van der Waals surface area contributed by atoms with Crippen LogP contribution >= 0.6 is 22.7 Å². The molecule has 0 spiro atoms. The highest BCUT2D eigenvalue weighted by atomic mass is 32.2. The van der Waals surface area contributed by atoms with Crippen LogP contribution in [-0.4, -0.2) is 56.5 Å². The SMILES string of the molecule is CNS(=O)(=O)c1ccc(N2CCN(Cc3csc(-c4ccsc4)n3)CC2)c([N+](=O)[O-])c1. The maximum Gasteiger partial charge on any atom is 0.293 e. The van der Waals surface area contributed by atoms with E-state index < -0.39 is 14.9 Å². The number of piperazine rings is 1. The summed E-state index contributed by atoms with van der Waals surface area (Å²) in [6.45, 7) is 3.43. The van der Waals surface area contributed by atoms with E-state index in [4.69, 9.17) is 4.98 Å². The third-order valence-electron chi connectivity index (χ3n) is 5.14. The minimum Gasteiger partial charge on any atom is -0.363 e.